The maximum atomic E-state index is 14.2. The highest BCUT2D eigenvalue weighted by Crippen LogP contribution is 2.43. The zero-order valence-electron chi connectivity index (χ0n) is 19.8. The Balaban J connectivity index is 1.37. The van der Waals surface area contributed by atoms with Crippen LogP contribution in [0.4, 0.5) is 5.69 Å². The molecule has 0 bridgehead atoms. The van der Waals surface area contributed by atoms with Gasteiger partial charge in [0.2, 0.25) is 11.8 Å². The van der Waals surface area contributed by atoms with Crippen molar-refractivity contribution in [3.8, 4) is 5.69 Å². The molecule has 5 nitrogen and oxygen atoms in total. The van der Waals surface area contributed by atoms with Crippen molar-refractivity contribution in [1.82, 2.24) is 9.47 Å². The van der Waals surface area contributed by atoms with Gasteiger partial charge in [0.25, 0.3) is 0 Å². The molecular formula is C30H26ClN3O2. The van der Waals surface area contributed by atoms with Crippen LogP contribution in [0.15, 0.2) is 97.2 Å². The van der Waals surface area contributed by atoms with Crippen LogP contribution in [-0.4, -0.2) is 33.9 Å². The topological polar surface area (TPSA) is 45.6 Å². The number of para-hydroxylation sites is 2. The average Bonchev–Trinajstić information content (AvgIpc) is 3.62. The van der Waals surface area contributed by atoms with Crippen molar-refractivity contribution in [2.75, 3.05) is 11.4 Å². The van der Waals surface area contributed by atoms with Crippen LogP contribution < -0.4 is 4.90 Å². The number of fused-ring (bicyclic) bond motifs is 3. The zero-order chi connectivity index (χ0) is 24.6. The summed E-state index contributed by atoms with van der Waals surface area (Å²) in [5.41, 5.74) is 4.63. The lowest BCUT2D eigenvalue weighted by atomic mass is 9.97. The van der Waals surface area contributed by atoms with Crippen LogP contribution in [0, 0.1) is 0 Å². The highest BCUT2D eigenvalue weighted by Gasteiger charge is 2.39. The summed E-state index contributed by atoms with van der Waals surface area (Å²) in [6.45, 7) is 0.0441. The van der Waals surface area contributed by atoms with Crippen LogP contribution in [-0.2, 0) is 16.0 Å². The standard InChI is InChI=1S/C30H26ClN3O2/c31-23-11-6-10-22(19-23)30-27-14-7-17-32(27)25-12-4-5-13-26(25)34(30)29(36)20-33(24-15-16-24)28(35)18-21-8-2-1-3-9-21/h1-14,17,19,24,30H,15-16,18,20H2. The minimum Gasteiger partial charge on any atom is -0.330 e. The summed E-state index contributed by atoms with van der Waals surface area (Å²) in [6.07, 6.45) is 4.19. The van der Waals surface area contributed by atoms with Crippen molar-refractivity contribution < 1.29 is 9.59 Å². The second kappa shape index (κ2) is 9.32. The highest BCUT2D eigenvalue weighted by atomic mass is 35.5. The van der Waals surface area contributed by atoms with Crippen LogP contribution in [0.3, 0.4) is 0 Å². The van der Waals surface area contributed by atoms with Crippen molar-refractivity contribution in [1.29, 1.82) is 0 Å². The van der Waals surface area contributed by atoms with Gasteiger partial charge >= 0.3 is 0 Å². The Bertz CT molecular complexity index is 1430. The number of carbonyl (C=O) groups excluding carboxylic acids is 2. The van der Waals surface area contributed by atoms with Gasteiger partial charge < -0.3 is 9.47 Å². The minimum atomic E-state index is -0.355. The van der Waals surface area contributed by atoms with Gasteiger partial charge in [-0.1, -0.05) is 66.2 Å². The quantitative estimate of drug-likeness (QED) is 0.339. The summed E-state index contributed by atoms with van der Waals surface area (Å²) in [5, 5.41) is 0.620. The second-order valence-electron chi connectivity index (χ2n) is 9.43. The molecule has 1 aromatic heterocycles. The summed E-state index contributed by atoms with van der Waals surface area (Å²) >= 11 is 6.38. The molecule has 2 heterocycles. The molecule has 4 aromatic rings. The van der Waals surface area contributed by atoms with E-state index < -0.39 is 0 Å². The first-order valence-corrected chi connectivity index (χ1v) is 12.7. The highest BCUT2D eigenvalue weighted by molar-refractivity contribution is 6.30. The predicted molar refractivity (Wildman–Crippen MR) is 141 cm³/mol. The van der Waals surface area contributed by atoms with Gasteiger partial charge in [0, 0.05) is 17.3 Å². The molecule has 1 aliphatic carbocycles. The number of hydrogen-bond donors (Lipinski definition) is 0. The first-order chi connectivity index (χ1) is 17.6. The van der Waals surface area contributed by atoms with E-state index >= 15 is 0 Å². The third-order valence-electron chi connectivity index (χ3n) is 6.96. The van der Waals surface area contributed by atoms with Gasteiger partial charge in [0.15, 0.2) is 0 Å². The van der Waals surface area contributed by atoms with Gasteiger partial charge in [-0.2, -0.15) is 0 Å². The van der Waals surface area contributed by atoms with E-state index in [1.165, 1.54) is 0 Å². The Hall–Kier alpha value is -3.83. The van der Waals surface area contributed by atoms with Gasteiger partial charge in [-0.3, -0.25) is 14.5 Å². The van der Waals surface area contributed by atoms with Gasteiger partial charge in [0.1, 0.15) is 12.6 Å². The van der Waals surface area contributed by atoms with Crippen molar-refractivity contribution in [2.24, 2.45) is 0 Å². The number of benzene rings is 3. The van der Waals surface area contributed by atoms with Crippen LogP contribution in [0.1, 0.15) is 35.7 Å². The molecule has 180 valence electrons. The van der Waals surface area contributed by atoms with E-state index in [1.807, 2.05) is 102 Å². The van der Waals surface area contributed by atoms with Crippen LogP contribution in [0.2, 0.25) is 5.02 Å². The fourth-order valence-corrected chi connectivity index (χ4v) is 5.35. The smallest absolute Gasteiger partial charge is 0.247 e. The van der Waals surface area contributed by atoms with E-state index in [4.69, 9.17) is 11.6 Å². The largest absolute Gasteiger partial charge is 0.330 e. The molecule has 1 aliphatic heterocycles. The Morgan fingerprint density at radius 3 is 2.36 bits per heavy atom. The van der Waals surface area contributed by atoms with Crippen molar-refractivity contribution >= 4 is 29.1 Å². The molecular weight excluding hydrogens is 470 g/mol. The first kappa shape index (κ1) is 22.6. The molecule has 0 N–H and O–H groups in total. The third kappa shape index (κ3) is 4.20. The van der Waals surface area contributed by atoms with Crippen molar-refractivity contribution in [3.63, 3.8) is 0 Å². The SMILES string of the molecule is O=C(Cc1ccccc1)N(CC(=O)N1c2ccccc2-n2cccc2C1c1cccc(Cl)c1)C1CC1. The Labute approximate surface area is 215 Å². The van der Waals surface area contributed by atoms with Crippen LogP contribution in [0.5, 0.6) is 0 Å². The number of rotatable bonds is 6. The lowest BCUT2D eigenvalue weighted by molar-refractivity contribution is -0.135. The number of amides is 2. The van der Waals surface area contributed by atoms with Crippen LogP contribution in [0.25, 0.3) is 5.69 Å². The van der Waals surface area contributed by atoms with E-state index in [0.29, 0.717) is 11.4 Å². The van der Waals surface area contributed by atoms with E-state index in [2.05, 4.69) is 4.57 Å². The fourth-order valence-electron chi connectivity index (χ4n) is 5.16. The van der Waals surface area contributed by atoms with Gasteiger partial charge in [-0.25, -0.2) is 0 Å². The third-order valence-corrected chi connectivity index (χ3v) is 7.20. The Kier molecular flexibility index (Phi) is 5.86. The number of hydrogen-bond acceptors (Lipinski definition) is 2. The lowest BCUT2D eigenvalue weighted by Crippen LogP contribution is -2.47. The number of carbonyl (C=O) groups is 2. The van der Waals surface area contributed by atoms with E-state index in [9.17, 15) is 9.59 Å². The normalized spacial score (nSPS) is 16.2. The summed E-state index contributed by atoms with van der Waals surface area (Å²) in [4.78, 5) is 31.1. The van der Waals surface area contributed by atoms with E-state index in [-0.39, 0.29) is 30.4 Å². The molecule has 1 saturated carbocycles. The number of aromatic nitrogens is 1. The maximum absolute atomic E-state index is 14.2. The van der Waals surface area contributed by atoms with Crippen molar-refractivity contribution in [2.45, 2.75) is 31.3 Å². The predicted octanol–water partition coefficient (Wildman–Crippen LogP) is 5.80. The van der Waals surface area contributed by atoms with E-state index in [0.717, 1.165) is 41.0 Å². The number of nitrogens with zero attached hydrogens (tertiary/aromatic N) is 3. The molecule has 0 saturated heterocycles. The molecule has 1 atom stereocenters. The summed E-state index contributed by atoms with van der Waals surface area (Å²) < 4.78 is 2.13. The van der Waals surface area contributed by atoms with Gasteiger partial charge in [-0.15, -0.1) is 0 Å². The lowest BCUT2D eigenvalue weighted by Gasteiger charge is -2.39. The zero-order valence-corrected chi connectivity index (χ0v) is 20.5. The maximum Gasteiger partial charge on any atom is 0.247 e. The molecule has 0 radical (unpaired) electrons. The average molecular weight is 496 g/mol. The molecule has 36 heavy (non-hydrogen) atoms. The summed E-state index contributed by atoms with van der Waals surface area (Å²) in [6, 6.07) is 29.1. The minimum absolute atomic E-state index is 0.00924. The molecule has 1 fully saturated rings. The summed E-state index contributed by atoms with van der Waals surface area (Å²) in [7, 11) is 0. The summed E-state index contributed by atoms with van der Waals surface area (Å²) in [5.74, 6) is -0.113. The molecule has 2 amide bonds. The Morgan fingerprint density at radius 2 is 1.61 bits per heavy atom. The Morgan fingerprint density at radius 1 is 0.861 bits per heavy atom. The molecule has 2 aliphatic rings. The molecule has 3 aromatic carbocycles. The molecule has 6 heteroatoms. The van der Waals surface area contributed by atoms with Crippen LogP contribution >= 0.6 is 11.6 Å². The first-order valence-electron chi connectivity index (χ1n) is 12.3. The molecule has 0 spiro atoms. The second-order valence-corrected chi connectivity index (χ2v) is 9.86. The van der Waals surface area contributed by atoms with Gasteiger partial charge in [0.05, 0.1) is 23.5 Å². The monoisotopic (exact) mass is 495 g/mol. The molecule has 6 rings (SSSR count). The van der Waals surface area contributed by atoms with Crippen molar-refractivity contribution in [3.05, 3.63) is 119 Å². The number of halogens is 1. The number of anilines is 1. The van der Waals surface area contributed by atoms with Gasteiger partial charge in [-0.05, 0) is 60.4 Å². The fraction of sp³-hybridized carbons (Fsp3) is 0.200. The molecule has 1 unspecified atom stereocenters. The van der Waals surface area contributed by atoms with E-state index in [1.54, 1.807) is 4.90 Å².